The number of hydrogen-bond acceptors (Lipinski definition) is 5. The summed E-state index contributed by atoms with van der Waals surface area (Å²) < 4.78 is 26.7. The van der Waals surface area contributed by atoms with Gasteiger partial charge < -0.3 is 5.73 Å². The van der Waals surface area contributed by atoms with Crippen LogP contribution in [0.25, 0.3) is 0 Å². The lowest BCUT2D eigenvalue weighted by Gasteiger charge is -2.08. The summed E-state index contributed by atoms with van der Waals surface area (Å²) in [5.41, 5.74) is 5.45. The normalized spacial score (nSPS) is 13.4. The largest absolute Gasteiger partial charge is 0.389 e. The van der Waals surface area contributed by atoms with Crippen molar-refractivity contribution >= 4 is 50.3 Å². The Morgan fingerprint density at radius 3 is 2.78 bits per heavy atom. The second-order valence-corrected chi connectivity index (χ2v) is 8.51. The third-order valence-corrected chi connectivity index (χ3v) is 6.80. The molecule has 1 rings (SSSR count). The van der Waals surface area contributed by atoms with Crippen molar-refractivity contribution < 1.29 is 8.42 Å². The van der Waals surface area contributed by atoms with E-state index in [9.17, 15) is 8.42 Å². The Morgan fingerprint density at radius 1 is 1.61 bits per heavy atom. The van der Waals surface area contributed by atoms with Crippen molar-refractivity contribution in [3.05, 3.63) is 17.0 Å². The van der Waals surface area contributed by atoms with E-state index in [-0.39, 0.29) is 9.20 Å². The summed E-state index contributed by atoms with van der Waals surface area (Å²) in [6.45, 7) is 2.50. The molecule has 0 aliphatic heterocycles. The quantitative estimate of drug-likeness (QED) is 0.748. The van der Waals surface area contributed by atoms with Gasteiger partial charge in [0, 0.05) is 11.8 Å². The van der Waals surface area contributed by atoms with Crippen molar-refractivity contribution in [2.75, 3.05) is 12.8 Å². The Bertz CT molecular complexity index is 510. The highest BCUT2D eigenvalue weighted by atomic mass is 32.2. The van der Waals surface area contributed by atoms with Crippen molar-refractivity contribution in [1.29, 1.82) is 0 Å². The summed E-state index contributed by atoms with van der Waals surface area (Å²) in [4.78, 5) is 0.834. The van der Waals surface area contributed by atoms with Gasteiger partial charge in [-0.2, -0.15) is 11.8 Å². The average molecular weight is 325 g/mol. The minimum absolute atomic E-state index is 0.220. The molecule has 0 saturated heterocycles. The molecule has 4 nitrogen and oxygen atoms in total. The molecule has 1 aromatic heterocycles. The topological polar surface area (TPSA) is 72.2 Å². The van der Waals surface area contributed by atoms with Crippen LogP contribution in [0.2, 0.25) is 0 Å². The van der Waals surface area contributed by atoms with Gasteiger partial charge in [-0.3, -0.25) is 0 Å². The highest BCUT2D eigenvalue weighted by Crippen LogP contribution is 2.21. The third kappa shape index (κ3) is 4.51. The van der Waals surface area contributed by atoms with Crippen molar-refractivity contribution in [3.8, 4) is 0 Å². The molecule has 1 heterocycles. The predicted octanol–water partition coefficient (Wildman–Crippen LogP) is 1.80. The first-order chi connectivity index (χ1) is 8.36. The molecule has 3 N–H and O–H groups in total. The van der Waals surface area contributed by atoms with Crippen LogP contribution in [0.1, 0.15) is 18.2 Å². The summed E-state index contributed by atoms with van der Waals surface area (Å²) in [5, 5.41) is 0.434. The molecular formula is C10H16N2O2S4. The molecule has 18 heavy (non-hydrogen) atoms. The van der Waals surface area contributed by atoms with E-state index in [4.69, 9.17) is 18.0 Å². The smallest absolute Gasteiger partial charge is 0.250 e. The zero-order valence-corrected chi connectivity index (χ0v) is 13.4. The van der Waals surface area contributed by atoms with E-state index in [1.54, 1.807) is 17.8 Å². The lowest BCUT2D eigenvalue weighted by atomic mass is 10.3. The van der Waals surface area contributed by atoms with Crippen LogP contribution in [0.15, 0.2) is 16.3 Å². The molecule has 102 valence electrons. The predicted molar refractivity (Wildman–Crippen MR) is 83.0 cm³/mol. The molecule has 0 aliphatic rings. The Hall–Kier alpha value is -0.150. The van der Waals surface area contributed by atoms with Gasteiger partial charge in [0.25, 0.3) is 0 Å². The molecule has 0 amide bonds. The van der Waals surface area contributed by atoms with Crippen LogP contribution in [-0.4, -0.2) is 31.5 Å². The van der Waals surface area contributed by atoms with E-state index in [0.29, 0.717) is 16.7 Å². The lowest BCUT2D eigenvalue weighted by molar-refractivity contribution is 0.581. The zero-order valence-electron chi connectivity index (χ0n) is 10.2. The molecule has 1 aromatic rings. The Kier molecular flexibility index (Phi) is 6.06. The Morgan fingerprint density at radius 2 is 2.28 bits per heavy atom. The van der Waals surface area contributed by atoms with E-state index in [1.165, 1.54) is 6.07 Å². The zero-order chi connectivity index (χ0) is 13.8. The Balaban J connectivity index is 2.65. The number of thiocarbonyl (C=S) groups is 1. The molecule has 0 spiro atoms. The molecule has 0 aromatic carbocycles. The standard InChI is InChI=1S/C10H16N2O2S4/c1-7(16-2)5-6-12-18(13,14)9-4-3-8(17-9)10(11)15/h3-4,7,12H,5-6H2,1-2H3,(H2,11,15). The number of thiophene rings is 1. The summed E-state index contributed by atoms with van der Waals surface area (Å²) in [6, 6.07) is 3.16. The number of nitrogens with one attached hydrogen (secondary N) is 1. The van der Waals surface area contributed by atoms with Crippen LogP contribution >= 0.6 is 35.3 Å². The van der Waals surface area contributed by atoms with Crippen molar-refractivity contribution in [3.63, 3.8) is 0 Å². The maximum Gasteiger partial charge on any atom is 0.250 e. The second kappa shape index (κ2) is 6.85. The van der Waals surface area contributed by atoms with Gasteiger partial charge in [0.15, 0.2) is 0 Å². The maximum atomic E-state index is 11.9. The van der Waals surface area contributed by atoms with Gasteiger partial charge >= 0.3 is 0 Å². The van der Waals surface area contributed by atoms with Gasteiger partial charge in [0.2, 0.25) is 10.0 Å². The highest BCUT2D eigenvalue weighted by Gasteiger charge is 2.17. The van der Waals surface area contributed by atoms with Crippen LogP contribution in [0.4, 0.5) is 0 Å². The van der Waals surface area contributed by atoms with Gasteiger partial charge in [-0.25, -0.2) is 13.1 Å². The second-order valence-electron chi connectivity index (χ2n) is 3.72. The average Bonchev–Trinajstić information content (AvgIpc) is 2.78. The minimum atomic E-state index is -3.43. The summed E-state index contributed by atoms with van der Waals surface area (Å²) in [5.74, 6) is 0. The number of nitrogens with two attached hydrogens (primary N) is 1. The fraction of sp³-hybridized carbons (Fsp3) is 0.500. The molecule has 0 bridgehead atoms. The molecule has 0 fully saturated rings. The van der Waals surface area contributed by atoms with Crippen molar-refractivity contribution in [2.24, 2.45) is 5.73 Å². The first-order valence-electron chi connectivity index (χ1n) is 5.29. The van der Waals surface area contributed by atoms with Crippen LogP contribution < -0.4 is 10.5 Å². The van der Waals surface area contributed by atoms with Crippen molar-refractivity contribution in [2.45, 2.75) is 22.8 Å². The highest BCUT2D eigenvalue weighted by molar-refractivity contribution is 7.99. The summed E-state index contributed by atoms with van der Waals surface area (Å²) in [7, 11) is -3.43. The Labute approximate surface area is 121 Å². The van der Waals surface area contributed by atoms with Crippen LogP contribution in [0.3, 0.4) is 0 Å². The summed E-state index contributed by atoms with van der Waals surface area (Å²) in [6.07, 6.45) is 2.81. The molecule has 0 radical (unpaired) electrons. The van der Waals surface area contributed by atoms with Gasteiger partial charge in [-0.15, -0.1) is 11.3 Å². The molecular weight excluding hydrogens is 308 g/mol. The minimum Gasteiger partial charge on any atom is -0.389 e. The van der Waals surface area contributed by atoms with E-state index < -0.39 is 10.0 Å². The molecule has 0 saturated carbocycles. The van der Waals surface area contributed by atoms with Gasteiger partial charge in [0.05, 0.1) is 4.88 Å². The number of thioether (sulfide) groups is 1. The number of rotatable bonds is 7. The van der Waals surface area contributed by atoms with Gasteiger partial charge in [-0.05, 0) is 24.8 Å². The molecule has 8 heteroatoms. The maximum absolute atomic E-state index is 11.9. The van der Waals surface area contributed by atoms with Gasteiger partial charge in [0.1, 0.15) is 9.20 Å². The fourth-order valence-electron chi connectivity index (χ4n) is 1.18. The van der Waals surface area contributed by atoms with E-state index in [0.717, 1.165) is 17.8 Å². The van der Waals surface area contributed by atoms with E-state index in [2.05, 4.69) is 11.6 Å². The van der Waals surface area contributed by atoms with Crippen molar-refractivity contribution in [1.82, 2.24) is 4.72 Å². The van der Waals surface area contributed by atoms with E-state index in [1.807, 2.05) is 6.26 Å². The monoisotopic (exact) mass is 324 g/mol. The first kappa shape index (κ1) is 15.9. The third-order valence-electron chi connectivity index (χ3n) is 2.33. The van der Waals surface area contributed by atoms with Crippen LogP contribution in [0.5, 0.6) is 0 Å². The van der Waals surface area contributed by atoms with E-state index >= 15 is 0 Å². The SMILES string of the molecule is CSC(C)CCNS(=O)(=O)c1ccc(C(N)=S)s1. The van der Waals surface area contributed by atoms with Crippen LogP contribution in [-0.2, 0) is 10.0 Å². The number of sulfonamides is 1. The fourth-order valence-corrected chi connectivity index (χ4v) is 3.98. The lowest BCUT2D eigenvalue weighted by Crippen LogP contribution is -2.25. The first-order valence-corrected chi connectivity index (χ1v) is 9.28. The van der Waals surface area contributed by atoms with Gasteiger partial charge in [-0.1, -0.05) is 19.1 Å². The van der Waals surface area contributed by atoms with Crippen LogP contribution in [0, 0.1) is 0 Å². The number of hydrogen-bond donors (Lipinski definition) is 2. The summed E-state index contributed by atoms with van der Waals surface area (Å²) >= 11 is 7.61. The molecule has 1 atom stereocenters. The molecule has 1 unspecified atom stereocenters. The molecule has 0 aliphatic carbocycles.